The third kappa shape index (κ3) is 2.86. The van der Waals surface area contributed by atoms with Crippen LogP contribution in [-0.4, -0.2) is 24.8 Å². The molecule has 1 saturated heterocycles. The van der Waals surface area contributed by atoms with Crippen molar-refractivity contribution >= 4 is 21.6 Å². The molecule has 1 aliphatic heterocycles. The summed E-state index contributed by atoms with van der Waals surface area (Å²) in [5.74, 6) is -0.156. The molecule has 0 aliphatic carbocycles. The second-order valence-corrected chi connectivity index (χ2v) is 6.01. The van der Waals surface area contributed by atoms with E-state index in [0.717, 1.165) is 12.1 Å². The van der Waals surface area contributed by atoms with Crippen molar-refractivity contribution in [2.24, 2.45) is 0 Å². The molecule has 1 heterocycles. The van der Waals surface area contributed by atoms with Crippen molar-refractivity contribution < 1.29 is 9.13 Å². The van der Waals surface area contributed by atoms with Crippen LogP contribution in [0.5, 0.6) is 0 Å². The Balaban J connectivity index is 2.36. The van der Waals surface area contributed by atoms with Gasteiger partial charge >= 0.3 is 0 Å². The van der Waals surface area contributed by atoms with Gasteiger partial charge in [-0.3, -0.25) is 0 Å². The Morgan fingerprint density at radius 1 is 1.50 bits per heavy atom. The standard InChI is InChI=1S/C14H19BrFNO/c1-10-8-17(9-14(2,3)18-10)13-11(7-15)5-4-6-12(13)16/h4-6,10H,7-9H2,1-3H3. The number of nitrogens with zero attached hydrogens (tertiary/aromatic N) is 1. The van der Waals surface area contributed by atoms with E-state index < -0.39 is 0 Å². The predicted molar refractivity (Wildman–Crippen MR) is 75.9 cm³/mol. The van der Waals surface area contributed by atoms with Gasteiger partial charge in [0, 0.05) is 18.4 Å². The van der Waals surface area contributed by atoms with E-state index in [1.807, 2.05) is 26.8 Å². The molecule has 100 valence electrons. The molecule has 18 heavy (non-hydrogen) atoms. The SMILES string of the molecule is CC1CN(c2c(F)cccc2CBr)CC(C)(C)O1. The zero-order valence-electron chi connectivity index (χ0n) is 11.0. The summed E-state index contributed by atoms with van der Waals surface area (Å²) >= 11 is 3.43. The highest BCUT2D eigenvalue weighted by Gasteiger charge is 2.33. The number of benzene rings is 1. The van der Waals surface area contributed by atoms with Crippen LogP contribution in [-0.2, 0) is 10.1 Å². The van der Waals surface area contributed by atoms with Crippen LogP contribution < -0.4 is 4.90 Å². The molecule has 0 N–H and O–H groups in total. The van der Waals surface area contributed by atoms with Gasteiger partial charge in [-0.1, -0.05) is 28.1 Å². The lowest BCUT2D eigenvalue weighted by atomic mass is 10.0. The van der Waals surface area contributed by atoms with Gasteiger partial charge in [-0.05, 0) is 32.4 Å². The molecule has 1 aromatic carbocycles. The number of alkyl halides is 1. The fourth-order valence-corrected chi connectivity index (χ4v) is 3.10. The summed E-state index contributed by atoms with van der Waals surface area (Å²) in [6.07, 6.45) is 0.108. The first kappa shape index (κ1) is 13.8. The van der Waals surface area contributed by atoms with Crippen LogP contribution in [0.25, 0.3) is 0 Å². The second-order valence-electron chi connectivity index (χ2n) is 5.45. The highest BCUT2D eigenvalue weighted by molar-refractivity contribution is 9.08. The van der Waals surface area contributed by atoms with Crippen molar-refractivity contribution in [1.82, 2.24) is 0 Å². The van der Waals surface area contributed by atoms with Crippen LogP contribution in [0.15, 0.2) is 18.2 Å². The van der Waals surface area contributed by atoms with Gasteiger partial charge in [-0.25, -0.2) is 4.39 Å². The number of anilines is 1. The summed E-state index contributed by atoms with van der Waals surface area (Å²) in [6.45, 7) is 7.56. The second kappa shape index (κ2) is 5.17. The van der Waals surface area contributed by atoms with Crippen molar-refractivity contribution in [3.05, 3.63) is 29.6 Å². The largest absolute Gasteiger partial charge is 0.369 e. The maximum atomic E-state index is 14.1. The number of hydrogen-bond acceptors (Lipinski definition) is 2. The average Bonchev–Trinajstić information content (AvgIpc) is 2.25. The molecule has 0 aromatic heterocycles. The minimum atomic E-state index is -0.246. The third-order valence-corrected chi connectivity index (χ3v) is 3.70. The molecular formula is C14H19BrFNO. The molecule has 0 spiro atoms. The van der Waals surface area contributed by atoms with Gasteiger partial charge in [0.2, 0.25) is 0 Å². The first-order valence-electron chi connectivity index (χ1n) is 6.19. The van der Waals surface area contributed by atoms with Crippen molar-refractivity contribution in [3.8, 4) is 0 Å². The van der Waals surface area contributed by atoms with E-state index in [1.165, 1.54) is 6.07 Å². The molecule has 2 nitrogen and oxygen atoms in total. The smallest absolute Gasteiger partial charge is 0.146 e. The normalized spacial score (nSPS) is 23.2. The van der Waals surface area contributed by atoms with E-state index in [0.29, 0.717) is 17.6 Å². The lowest BCUT2D eigenvalue weighted by Gasteiger charge is -2.43. The number of morpholine rings is 1. The molecule has 1 unspecified atom stereocenters. The van der Waals surface area contributed by atoms with Gasteiger partial charge in [-0.2, -0.15) is 0 Å². The summed E-state index contributed by atoms with van der Waals surface area (Å²) in [7, 11) is 0. The van der Waals surface area contributed by atoms with Gasteiger partial charge in [0.15, 0.2) is 0 Å². The van der Waals surface area contributed by atoms with Gasteiger partial charge < -0.3 is 9.64 Å². The molecule has 0 bridgehead atoms. The van der Waals surface area contributed by atoms with Crippen LogP contribution in [0.1, 0.15) is 26.3 Å². The highest BCUT2D eigenvalue weighted by Crippen LogP contribution is 2.31. The number of halogens is 2. The molecule has 0 radical (unpaired) electrons. The monoisotopic (exact) mass is 315 g/mol. The van der Waals surface area contributed by atoms with Crippen LogP contribution in [0, 0.1) is 5.82 Å². The van der Waals surface area contributed by atoms with Crippen molar-refractivity contribution in [2.75, 3.05) is 18.0 Å². The minimum absolute atomic E-state index is 0.108. The van der Waals surface area contributed by atoms with Gasteiger partial charge in [-0.15, -0.1) is 0 Å². The summed E-state index contributed by atoms with van der Waals surface area (Å²) in [4.78, 5) is 2.10. The fourth-order valence-electron chi connectivity index (χ4n) is 2.65. The van der Waals surface area contributed by atoms with E-state index in [9.17, 15) is 4.39 Å². The van der Waals surface area contributed by atoms with E-state index in [2.05, 4.69) is 20.8 Å². The summed E-state index contributed by atoms with van der Waals surface area (Å²) in [6, 6.07) is 5.24. The van der Waals surface area contributed by atoms with Crippen LogP contribution in [0.3, 0.4) is 0 Å². The Labute approximate surface area is 116 Å². The first-order valence-corrected chi connectivity index (χ1v) is 7.31. The van der Waals surface area contributed by atoms with Crippen LogP contribution in [0.2, 0.25) is 0 Å². The Bertz CT molecular complexity index is 436. The van der Waals surface area contributed by atoms with Crippen LogP contribution >= 0.6 is 15.9 Å². The number of para-hydroxylation sites is 1. The zero-order chi connectivity index (χ0) is 13.3. The molecule has 1 aliphatic rings. The van der Waals surface area contributed by atoms with Crippen molar-refractivity contribution in [3.63, 3.8) is 0 Å². The maximum absolute atomic E-state index is 14.1. The lowest BCUT2D eigenvalue weighted by Crippen LogP contribution is -2.52. The number of rotatable bonds is 2. The summed E-state index contributed by atoms with van der Waals surface area (Å²) < 4.78 is 20.0. The summed E-state index contributed by atoms with van der Waals surface area (Å²) in [5.41, 5.74) is 1.45. The van der Waals surface area contributed by atoms with E-state index in [1.54, 1.807) is 6.07 Å². The topological polar surface area (TPSA) is 12.5 Å². The molecular weight excluding hydrogens is 297 g/mol. The van der Waals surface area contributed by atoms with Gasteiger partial charge in [0.05, 0.1) is 17.4 Å². The fraction of sp³-hybridized carbons (Fsp3) is 0.571. The zero-order valence-corrected chi connectivity index (χ0v) is 12.6. The van der Waals surface area contributed by atoms with Gasteiger partial charge in [0.1, 0.15) is 5.82 Å². The Kier molecular flexibility index (Phi) is 3.97. The number of ether oxygens (including phenoxy) is 1. The molecule has 1 aromatic rings. The molecule has 0 amide bonds. The van der Waals surface area contributed by atoms with Crippen LogP contribution in [0.4, 0.5) is 10.1 Å². The van der Waals surface area contributed by atoms with E-state index in [-0.39, 0.29) is 17.5 Å². The van der Waals surface area contributed by atoms with Crippen molar-refractivity contribution in [2.45, 2.75) is 37.8 Å². The molecule has 0 saturated carbocycles. The molecule has 4 heteroatoms. The molecule has 2 rings (SSSR count). The Hall–Kier alpha value is -0.610. The maximum Gasteiger partial charge on any atom is 0.146 e. The third-order valence-electron chi connectivity index (χ3n) is 3.10. The van der Waals surface area contributed by atoms with E-state index in [4.69, 9.17) is 4.74 Å². The molecule has 1 atom stereocenters. The summed E-state index contributed by atoms with van der Waals surface area (Å²) in [5, 5.41) is 0.659. The lowest BCUT2D eigenvalue weighted by molar-refractivity contribution is -0.0751. The highest BCUT2D eigenvalue weighted by atomic mass is 79.9. The molecule has 1 fully saturated rings. The van der Waals surface area contributed by atoms with Crippen molar-refractivity contribution in [1.29, 1.82) is 0 Å². The average molecular weight is 316 g/mol. The van der Waals surface area contributed by atoms with Gasteiger partial charge in [0.25, 0.3) is 0 Å². The number of hydrogen-bond donors (Lipinski definition) is 0. The van der Waals surface area contributed by atoms with E-state index >= 15 is 0 Å². The Morgan fingerprint density at radius 2 is 2.22 bits per heavy atom. The predicted octanol–water partition coefficient (Wildman–Crippen LogP) is 3.72. The quantitative estimate of drug-likeness (QED) is 0.771. The first-order chi connectivity index (χ1) is 8.43. The minimum Gasteiger partial charge on any atom is -0.369 e. The Morgan fingerprint density at radius 3 is 2.83 bits per heavy atom.